The number of nitrogens with one attached hydrogen (secondary N) is 1. The van der Waals surface area contributed by atoms with Crippen LogP contribution >= 0.6 is 0 Å². The maximum atomic E-state index is 8.91. The Morgan fingerprint density at radius 1 is 1.40 bits per heavy atom. The van der Waals surface area contributed by atoms with Gasteiger partial charge >= 0.3 is 0 Å². The van der Waals surface area contributed by atoms with Gasteiger partial charge in [0.05, 0.1) is 13.2 Å². The van der Waals surface area contributed by atoms with Crippen molar-refractivity contribution in [3.63, 3.8) is 0 Å². The Labute approximate surface area is 120 Å². The minimum absolute atomic E-state index is 0.519. The zero-order valence-electron chi connectivity index (χ0n) is 12.3. The number of hydrogen-bond donors (Lipinski definition) is 1. The molecule has 0 fully saturated rings. The second-order valence-electron chi connectivity index (χ2n) is 4.24. The van der Waals surface area contributed by atoms with Gasteiger partial charge in [0.25, 0.3) is 0 Å². The molecule has 5 heteroatoms. The minimum atomic E-state index is -0.519. The molecule has 0 spiro atoms. The van der Waals surface area contributed by atoms with Crippen LogP contribution in [0.3, 0.4) is 0 Å². The summed E-state index contributed by atoms with van der Waals surface area (Å²) in [6.07, 6.45) is -0.519. The zero-order valence-corrected chi connectivity index (χ0v) is 12.3. The summed E-state index contributed by atoms with van der Waals surface area (Å²) in [7, 11) is 1.67. The SMILES string of the molecule is CCOc1cccc(CNCCOC)c1OC(C)C#N. The number of hydrogen-bond acceptors (Lipinski definition) is 5. The lowest BCUT2D eigenvalue weighted by atomic mass is 10.1. The standard InChI is InChI=1S/C15H22N2O3/c1-4-19-14-7-5-6-13(11-17-8-9-18-3)15(14)20-12(2)10-16/h5-7,12,17H,4,8-9,11H2,1-3H3. The molecule has 0 saturated carbocycles. The molecule has 0 heterocycles. The van der Waals surface area contributed by atoms with Crippen LogP contribution < -0.4 is 14.8 Å². The summed E-state index contributed by atoms with van der Waals surface area (Å²) in [5.41, 5.74) is 0.967. The Balaban J connectivity index is 2.84. The highest BCUT2D eigenvalue weighted by atomic mass is 16.5. The van der Waals surface area contributed by atoms with E-state index in [4.69, 9.17) is 19.5 Å². The Hall–Kier alpha value is -1.77. The molecular weight excluding hydrogens is 256 g/mol. The molecule has 1 aromatic carbocycles. The summed E-state index contributed by atoms with van der Waals surface area (Å²) in [6, 6.07) is 7.80. The Bertz CT molecular complexity index is 443. The molecule has 0 radical (unpaired) electrons. The van der Waals surface area contributed by atoms with Crippen molar-refractivity contribution in [1.82, 2.24) is 5.32 Å². The summed E-state index contributed by atoms with van der Waals surface area (Å²) in [5.74, 6) is 1.30. The lowest BCUT2D eigenvalue weighted by Gasteiger charge is -2.17. The first-order valence-electron chi connectivity index (χ1n) is 6.73. The lowest BCUT2D eigenvalue weighted by Crippen LogP contribution is -2.20. The van der Waals surface area contributed by atoms with Gasteiger partial charge in [-0.3, -0.25) is 0 Å². The topological polar surface area (TPSA) is 63.5 Å². The van der Waals surface area contributed by atoms with Gasteiger partial charge < -0.3 is 19.5 Å². The summed E-state index contributed by atoms with van der Waals surface area (Å²) < 4.78 is 16.2. The molecule has 1 rings (SSSR count). The summed E-state index contributed by atoms with van der Waals surface area (Å²) in [6.45, 7) is 6.22. The van der Waals surface area contributed by atoms with Crippen molar-refractivity contribution in [2.45, 2.75) is 26.5 Å². The molecule has 1 unspecified atom stereocenters. The third-order valence-corrected chi connectivity index (χ3v) is 2.64. The van der Waals surface area contributed by atoms with Crippen molar-refractivity contribution in [2.24, 2.45) is 0 Å². The third-order valence-electron chi connectivity index (χ3n) is 2.64. The van der Waals surface area contributed by atoms with Crippen molar-refractivity contribution in [2.75, 3.05) is 26.9 Å². The van der Waals surface area contributed by atoms with E-state index in [9.17, 15) is 0 Å². The molecule has 110 valence electrons. The molecule has 1 N–H and O–H groups in total. The predicted molar refractivity (Wildman–Crippen MR) is 76.9 cm³/mol. The van der Waals surface area contributed by atoms with Crippen LogP contribution in [-0.4, -0.2) is 33.0 Å². The van der Waals surface area contributed by atoms with Crippen molar-refractivity contribution >= 4 is 0 Å². The second-order valence-corrected chi connectivity index (χ2v) is 4.24. The number of nitrogens with zero attached hydrogens (tertiary/aromatic N) is 1. The summed E-state index contributed by atoms with van der Waals surface area (Å²) in [4.78, 5) is 0. The molecule has 0 bridgehead atoms. The van der Waals surface area contributed by atoms with Crippen LogP contribution in [0, 0.1) is 11.3 Å². The van der Waals surface area contributed by atoms with Gasteiger partial charge in [-0.25, -0.2) is 0 Å². The maximum Gasteiger partial charge on any atom is 0.181 e. The molecule has 0 aliphatic carbocycles. The van der Waals surface area contributed by atoms with E-state index >= 15 is 0 Å². The van der Waals surface area contributed by atoms with Crippen LogP contribution in [-0.2, 0) is 11.3 Å². The summed E-state index contributed by atoms with van der Waals surface area (Å²) >= 11 is 0. The highest BCUT2D eigenvalue weighted by molar-refractivity contribution is 5.47. The van der Waals surface area contributed by atoms with Gasteiger partial charge in [0, 0.05) is 25.8 Å². The zero-order chi connectivity index (χ0) is 14.8. The third kappa shape index (κ3) is 5.08. The number of rotatable bonds is 9. The predicted octanol–water partition coefficient (Wildman–Crippen LogP) is 2.11. The van der Waals surface area contributed by atoms with Gasteiger partial charge in [0.15, 0.2) is 17.6 Å². The van der Waals surface area contributed by atoms with Gasteiger partial charge in [-0.2, -0.15) is 5.26 Å². The molecule has 0 amide bonds. The minimum Gasteiger partial charge on any atom is -0.490 e. The normalized spacial score (nSPS) is 11.7. The van der Waals surface area contributed by atoms with Crippen molar-refractivity contribution in [3.05, 3.63) is 23.8 Å². The van der Waals surface area contributed by atoms with Crippen LogP contribution in [0.1, 0.15) is 19.4 Å². The summed E-state index contributed by atoms with van der Waals surface area (Å²) in [5, 5.41) is 12.2. The van der Waals surface area contributed by atoms with E-state index in [1.165, 1.54) is 0 Å². The molecule has 20 heavy (non-hydrogen) atoms. The smallest absolute Gasteiger partial charge is 0.181 e. The Kier molecular flexibility index (Phi) is 7.48. The van der Waals surface area contributed by atoms with Crippen LogP contribution in [0.5, 0.6) is 11.5 Å². The van der Waals surface area contributed by atoms with E-state index in [2.05, 4.69) is 11.4 Å². The first-order valence-corrected chi connectivity index (χ1v) is 6.73. The highest BCUT2D eigenvalue weighted by Gasteiger charge is 2.13. The molecule has 1 aromatic rings. The van der Waals surface area contributed by atoms with Crippen molar-refractivity contribution in [3.8, 4) is 17.6 Å². The van der Waals surface area contributed by atoms with Gasteiger partial charge in [-0.05, 0) is 19.9 Å². The molecule has 5 nitrogen and oxygen atoms in total. The largest absolute Gasteiger partial charge is 0.490 e. The fourth-order valence-corrected chi connectivity index (χ4v) is 1.70. The van der Waals surface area contributed by atoms with E-state index in [1.54, 1.807) is 14.0 Å². The first-order chi connectivity index (χ1) is 9.72. The van der Waals surface area contributed by atoms with Gasteiger partial charge in [-0.1, -0.05) is 12.1 Å². The van der Waals surface area contributed by atoms with E-state index in [-0.39, 0.29) is 0 Å². The maximum absolute atomic E-state index is 8.91. The number of benzene rings is 1. The number of nitriles is 1. The molecule has 0 saturated heterocycles. The average Bonchev–Trinajstić information content (AvgIpc) is 2.46. The highest BCUT2D eigenvalue weighted by Crippen LogP contribution is 2.32. The van der Waals surface area contributed by atoms with E-state index in [0.717, 1.165) is 12.1 Å². The molecule has 1 atom stereocenters. The molecule has 0 aromatic heterocycles. The van der Waals surface area contributed by atoms with Crippen LogP contribution in [0.15, 0.2) is 18.2 Å². The van der Waals surface area contributed by atoms with Gasteiger partial charge in [0.1, 0.15) is 6.07 Å². The quantitative estimate of drug-likeness (QED) is 0.701. The number of para-hydroxylation sites is 1. The fraction of sp³-hybridized carbons (Fsp3) is 0.533. The Morgan fingerprint density at radius 2 is 2.20 bits per heavy atom. The molecule has 0 aliphatic rings. The van der Waals surface area contributed by atoms with Crippen molar-refractivity contribution < 1.29 is 14.2 Å². The van der Waals surface area contributed by atoms with E-state index < -0.39 is 6.10 Å². The average molecular weight is 278 g/mol. The van der Waals surface area contributed by atoms with Gasteiger partial charge in [0.2, 0.25) is 0 Å². The first kappa shape index (κ1) is 16.3. The lowest BCUT2D eigenvalue weighted by molar-refractivity contribution is 0.198. The molecular formula is C15H22N2O3. The second kappa shape index (κ2) is 9.18. The van der Waals surface area contributed by atoms with Crippen molar-refractivity contribution in [1.29, 1.82) is 5.26 Å². The number of ether oxygens (including phenoxy) is 3. The van der Waals surface area contributed by atoms with Gasteiger partial charge in [-0.15, -0.1) is 0 Å². The van der Waals surface area contributed by atoms with Crippen LogP contribution in [0.4, 0.5) is 0 Å². The Morgan fingerprint density at radius 3 is 2.85 bits per heavy atom. The van der Waals surface area contributed by atoms with Crippen LogP contribution in [0.25, 0.3) is 0 Å². The monoisotopic (exact) mass is 278 g/mol. The number of methoxy groups -OCH3 is 1. The molecule has 0 aliphatic heterocycles. The van der Waals surface area contributed by atoms with E-state index in [0.29, 0.717) is 31.3 Å². The fourth-order valence-electron chi connectivity index (χ4n) is 1.70. The van der Waals surface area contributed by atoms with E-state index in [1.807, 2.05) is 25.1 Å². The van der Waals surface area contributed by atoms with Crippen LogP contribution in [0.2, 0.25) is 0 Å².